The molecule has 2 N–H and O–H groups in total. The molecule has 6 nitrogen and oxygen atoms in total. The van der Waals surface area contributed by atoms with Crippen molar-refractivity contribution in [2.24, 2.45) is 5.92 Å². The van der Waals surface area contributed by atoms with Gasteiger partial charge in [-0.3, -0.25) is 15.6 Å². The Labute approximate surface area is 154 Å². The Bertz CT molecular complexity index is 749. The monoisotopic (exact) mass is 351 g/mol. The molecule has 2 fully saturated rings. The van der Waals surface area contributed by atoms with Gasteiger partial charge in [-0.2, -0.15) is 0 Å². The minimum absolute atomic E-state index is 0.00921. The van der Waals surface area contributed by atoms with Crippen LogP contribution >= 0.6 is 0 Å². The van der Waals surface area contributed by atoms with Gasteiger partial charge in [-0.25, -0.2) is 9.97 Å². The van der Waals surface area contributed by atoms with Gasteiger partial charge in [0.25, 0.3) is 5.91 Å². The molecule has 0 bridgehead atoms. The van der Waals surface area contributed by atoms with E-state index in [1.165, 1.54) is 17.5 Å². The molecule has 136 valence electrons. The van der Waals surface area contributed by atoms with E-state index in [-0.39, 0.29) is 5.91 Å². The van der Waals surface area contributed by atoms with E-state index in [0.717, 1.165) is 32.5 Å². The average Bonchev–Trinajstić information content (AvgIpc) is 3.19. The Hall–Kier alpha value is -2.31. The smallest absolute Gasteiger partial charge is 0.272 e. The number of rotatable bonds is 3. The molecule has 1 aromatic carbocycles. The van der Waals surface area contributed by atoms with Gasteiger partial charge in [0.05, 0.1) is 0 Å². The average molecular weight is 351 g/mol. The largest absolute Gasteiger partial charge is 0.337 e. The van der Waals surface area contributed by atoms with Gasteiger partial charge in [-0.05, 0) is 37.3 Å². The van der Waals surface area contributed by atoms with Crippen molar-refractivity contribution in [2.45, 2.75) is 31.7 Å². The number of nitrogens with zero attached hydrogens (tertiary/aromatic N) is 3. The molecule has 0 saturated carbocycles. The maximum absolute atomic E-state index is 12.7. The van der Waals surface area contributed by atoms with Crippen LogP contribution in [0.3, 0.4) is 0 Å². The molecule has 2 saturated heterocycles. The molecule has 4 rings (SSSR count). The van der Waals surface area contributed by atoms with Crippen LogP contribution in [-0.4, -0.2) is 46.5 Å². The molecule has 3 atom stereocenters. The number of aromatic nitrogens is 2. The lowest BCUT2D eigenvalue weighted by Crippen LogP contribution is -2.48. The molecule has 0 spiro atoms. The molecular formula is C20H25N5O. The number of carbonyl (C=O) groups excluding carboxylic acids is 1. The van der Waals surface area contributed by atoms with Crippen LogP contribution in [-0.2, 0) is 0 Å². The number of likely N-dealkylation sites (tertiary alicyclic amines) is 1. The fraction of sp³-hybridized carbons (Fsp3) is 0.450. The summed E-state index contributed by atoms with van der Waals surface area (Å²) in [5.74, 6) is 0.862. The van der Waals surface area contributed by atoms with E-state index >= 15 is 0 Å². The lowest BCUT2D eigenvalue weighted by Gasteiger charge is -2.37. The third-order valence-electron chi connectivity index (χ3n) is 5.58. The van der Waals surface area contributed by atoms with Gasteiger partial charge in [0.15, 0.2) is 0 Å². The molecule has 6 heteroatoms. The van der Waals surface area contributed by atoms with Crippen molar-refractivity contribution in [3.05, 3.63) is 59.7 Å². The van der Waals surface area contributed by atoms with Crippen molar-refractivity contribution in [1.82, 2.24) is 25.7 Å². The van der Waals surface area contributed by atoms with Crippen molar-refractivity contribution >= 4 is 5.91 Å². The first-order chi connectivity index (χ1) is 12.7. The number of amides is 1. The number of benzene rings is 1. The number of hydrogen-bond acceptors (Lipinski definition) is 5. The lowest BCUT2D eigenvalue weighted by molar-refractivity contribution is 0.0638. The minimum Gasteiger partial charge on any atom is -0.337 e. The van der Waals surface area contributed by atoms with Crippen molar-refractivity contribution in [3.8, 4) is 0 Å². The van der Waals surface area contributed by atoms with E-state index in [4.69, 9.17) is 0 Å². The minimum atomic E-state index is 0.00921. The number of piperidine rings is 1. The van der Waals surface area contributed by atoms with Crippen molar-refractivity contribution < 1.29 is 4.79 Å². The Morgan fingerprint density at radius 1 is 1.23 bits per heavy atom. The Morgan fingerprint density at radius 3 is 2.85 bits per heavy atom. The fourth-order valence-corrected chi connectivity index (χ4v) is 4.17. The van der Waals surface area contributed by atoms with Gasteiger partial charge in [0, 0.05) is 37.8 Å². The van der Waals surface area contributed by atoms with E-state index in [0.29, 0.717) is 23.6 Å². The summed E-state index contributed by atoms with van der Waals surface area (Å²) in [4.78, 5) is 22.7. The molecule has 2 aromatic rings. The topological polar surface area (TPSA) is 70.2 Å². The van der Waals surface area contributed by atoms with Crippen molar-refractivity contribution in [3.63, 3.8) is 0 Å². The zero-order valence-corrected chi connectivity index (χ0v) is 15.1. The van der Waals surface area contributed by atoms with E-state index in [2.05, 4.69) is 52.0 Å². The molecule has 3 heterocycles. The number of hydrogen-bond donors (Lipinski definition) is 2. The van der Waals surface area contributed by atoms with E-state index in [1.807, 2.05) is 4.90 Å². The molecular weight excluding hydrogens is 326 g/mol. The molecule has 0 radical (unpaired) electrons. The Morgan fingerprint density at radius 2 is 2.08 bits per heavy atom. The van der Waals surface area contributed by atoms with Crippen LogP contribution in [0.2, 0.25) is 0 Å². The molecule has 1 amide bonds. The molecule has 3 unspecified atom stereocenters. The third-order valence-corrected chi connectivity index (χ3v) is 5.58. The number of nitrogens with one attached hydrogen (secondary N) is 2. The molecule has 2 aliphatic heterocycles. The van der Waals surface area contributed by atoms with Crippen LogP contribution in [0.4, 0.5) is 0 Å². The lowest BCUT2D eigenvalue weighted by atomic mass is 9.81. The predicted molar refractivity (Wildman–Crippen MR) is 99.5 cm³/mol. The SMILES string of the molecule is Cc1ccc(C2CNNC2C2CCCN(C(=O)c3ccncn3)C2)cc1. The maximum Gasteiger partial charge on any atom is 0.272 e. The summed E-state index contributed by atoms with van der Waals surface area (Å²) in [7, 11) is 0. The third kappa shape index (κ3) is 3.48. The van der Waals surface area contributed by atoms with Crippen molar-refractivity contribution in [2.75, 3.05) is 19.6 Å². The van der Waals surface area contributed by atoms with Crippen molar-refractivity contribution in [1.29, 1.82) is 0 Å². The zero-order chi connectivity index (χ0) is 17.9. The van der Waals surface area contributed by atoms with Crippen LogP contribution in [0.5, 0.6) is 0 Å². The van der Waals surface area contributed by atoms with Crippen LogP contribution in [0.15, 0.2) is 42.9 Å². The summed E-state index contributed by atoms with van der Waals surface area (Å²) >= 11 is 0. The van der Waals surface area contributed by atoms with Crippen LogP contribution in [0, 0.1) is 12.8 Å². The maximum atomic E-state index is 12.7. The predicted octanol–water partition coefficient (Wildman–Crippen LogP) is 1.90. The second-order valence-electron chi connectivity index (χ2n) is 7.32. The standard InChI is InChI=1S/C20H25N5O/c1-14-4-6-15(7-5-14)17-11-23-24-19(17)16-3-2-10-25(12-16)20(26)18-8-9-21-13-22-18/h4-9,13,16-17,19,23-24H,2-3,10-12H2,1H3. The summed E-state index contributed by atoms with van der Waals surface area (Å²) in [6.45, 7) is 4.60. The summed E-state index contributed by atoms with van der Waals surface area (Å²) < 4.78 is 0. The van der Waals surface area contributed by atoms with Gasteiger partial charge in [0.1, 0.15) is 12.0 Å². The second kappa shape index (κ2) is 7.51. The van der Waals surface area contributed by atoms with Crippen LogP contribution in [0.25, 0.3) is 0 Å². The second-order valence-corrected chi connectivity index (χ2v) is 7.32. The Kier molecular flexibility index (Phi) is 4.95. The Balaban J connectivity index is 1.48. The first-order valence-electron chi connectivity index (χ1n) is 9.32. The molecule has 26 heavy (non-hydrogen) atoms. The van der Waals surface area contributed by atoms with Crippen LogP contribution in [0.1, 0.15) is 40.4 Å². The van der Waals surface area contributed by atoms with E-state index in [9.17, 15) is 4.79 Å². The highest BCUT2D eigenvalue weighted by atomic mass is 16.2. The summed E-state index contributed by atoms with van der Waals surface area (Å²) in [5.41, 5.74) is 9.93. The zero-order valence-electron chi connectivity index (χ0n) is 15.1. The normalized spacial score (nSPS) is 26.0. The van der Waals surface area contributed by atoms with Gasteiger partial charge < -0.3 is 4.90 Å². The van der Waals surface area contributed by atoms with Gasteiger partial charge >= 0.3 is 0 Å². The number of carbonyl (C=O) groups is 1. The number of hydrazine groups is 1. The highest BCUT2D eigenvalue weighted by Crippen LogP contribution is 2.32. The first-order valence-corrected chi connectivity index (χ1v) is 9.32. The van der Waals surface area contributed by atoms with Gasteiger partial charge in [-0.1, -0.05) is 29.8 Å². The van der Waals surface area contributed by atoms with Gasteiger partial charge in [0.2, 0.25) is 0 Å². The van der Waals surface area contributed by atoms with Gasteiger partial charge in [-0.15, -0.1) is 0 Å². The summed E-state index contributed by atoms with van der Waals surface area (Å²) in [5, 5.41) is 0. The first kappa shape index (κ1) is 17.1. The quantitative estimate of drug-likeness (QED) is 0.884. The fourth-order valence-electron chi connectivity index (χ4n) is 4.17. The number of aryl methyl sites for hydroxylation is 1. The van der Waals surface area contributed by atoms with Crippen LogP contribution < -0.4 is 10.9 Å². The highest BCUT2D eigenvalue weighted by molar-refractivity contribution is 5.92. The molecule has 2 aliphatic rings. The summed E-state index contributed by atoms with van der Waals surface area (Å²) in [6, 6.07) is 10.8. The van der Waals surface area contributed by atoms with E-state index in [1.54, 1.807) is 12.3 Å². The molecule has 0 aliphatic carbocycles. The van der Waals surface area contributed by atoms with E-state index < -0.39 is 0 Å². The molecule has 1 aromatic heterocycles. The summed E-state index contributed by atoms with van der Waals surface area (Å²) in [6.07, 6.45) is 5.22. The highest BCUT2D eigenvalue weighted by Gasteiger charge is 2.37.